The molecule has 1 aliphatic rings. The zero-order chi connectivity index (χ0) is 29.5. The summed E-state index contributed by atoms with van der Waals surface area (Å²) in [4.78, 5) is 27.9. The molecule has 0 aromatic heterocycles. The second-order valence-electron chi connectivity index (χ2n) is 10.7. The number of amides is 2. The summed E-state index contributed by atoms with van der Waals surface area (Å²) in [5, 5.41) is 11.5. The lowest BCUT2D eigenvalue weighted by molar-refractivity contribution is -0.142. The Kier molecular flexibility index (Phi) is 9.19. The molecule has 0 radical (unpaired) electrons. The van der Waals surface area contributed by atoms with E-state index < -0.39 is 30.3 Å². The number of carbonyl (C=O) groups is 2. The normalized spacial score (nSPS) is 16.1. The maximum atomic E-state index is 14.0. The Labute approximate surface area is 246 Å². The number of aliphatic hydroxyl groups excluding tert-OH is 1. The van der Waals surface area contributed by atoms with Crippen LogP contribution in [0.15, 0.2) is 109 Å². The van der Waals surface area contributed by atoms with Gasteiger partial charge >= 0.3 is 6.09 Å². The van der Waals surface area contributed by atoms with E-state index in [0.717, 1.165) is 21.6 Å². The van der Waals surface area contributed by atoms with Crippen LogP contribution >= 0.6 is 0 Å². The van der Waals surface area contributed by atoms with Crippen molar-refractivity contribution in [3.63, 3.8) is 0 Å². The maximum absolute atomic E-state index is 14.0. The maximum Gasteiger partial charge on any atom is 0.417 e. The van der Waals surface area contributed by atoms with Gasteiger partial charge in [-0.3, -0.25) is 4.79 Å². The third-order valence-corrected chi connectivity index (χ3v) is 7.32. The Morgan fingerprint density at radius 3 is 2.02 bits per heavy atom. The molecule has 3 atom stereocenters. The fourth-order valence-electron chi connectivity index (χ4n) is 4.91. The van der Waals surface area contributed by atoms with Crippen LogP contribution in [0.5, 0.6) is 11.5 Å². The van der Waals surface area contributed by atoms with Crippen LogP contribution in [-0.4, -0.2) is 40.8 Å². The van der Waals surface area contributed by atoms with Crippen LogP contribution < -0.4 is 9.47 Å². The second-order valence-corrected chi connectivity index (χ2v) is 10.7. The molecule has 216 valence electrons. The van der Waals surface area contributed by atoms with Crippen molar-refractivity contribution in [3.8, 4) is 11.5 Å². The predicted molar refractivity (Wildman–Crippen MR) is 159 cm³/mol. The second kappa shape index (κ2) is 13.4. The Balaban J connectivity index is 1.38. The molecule has 4 aromatic carbocycles. The van der Waals surface area contributed by atoms with Crippen LogP contribution in [0.3, 0.4) is 0 Å². The summed E-state index contributed by atoms with van der Waals surface area (Å²) in [6.45, 7) is 4.65. The zero-order valence-corrected chi connectivity index (χ0v) is 23.8. The summed E-state index contributed by atoms with van der Waals surface area (Å²) in [7, 11) is 0. The van der Waals surface area contributed by atoms with Crippen LogP contribution in [0.2, 0.25) is 0 Å². The number of benzene rings is 4. The minimum absolute atomic E-state index is 0.0683. The molecule has 0 saturated carbocycles. The average Bonchev–Trinajstić information content (AvgIpc) is 3.39. The van der Waals surface area contributed by atoms with Gasteiger partial charge in [0, 0.05) is 0 Å². The molecule has 42 heavy (non-hydrogen) atoms. The molecule has 1 aliphatic heterocycles. The highest BCUT2D eigenvalue weighted by Crippen LogP contribution is 2.29. The fourth-order valence-corrected chi connectivity index (χ4v) is 4.91. The smallest absolute Gasteiger partial charge is 0.417 e. The van der Waals surface area contributed by atoms with E-state index in [9.17, 15) is 14.7 Å². The number of carbonyl (C=O) groups excluding carboxylic acids is 2. The lowest BCUT2D eigenvalue weighted by Gasteiger charge is -2.28. The molecular formula is C35H35NO6. The van der Waals surface area contributed by atoms with E-state index >= 15 is 0 Å². The molecular weight excluding hydrogens is 530 g/mol. The lowest BCUT2D eigenvalue weighted by Crippen LogP contribution is -2.49. The minimum Gasteiger partial charge on any atom is -0.489 e. The molecule has 0 aliphatic carbocycles. The molecule has 1 N–H and O–H groups in total. The van der Waals surface area contributed by atoms with Crippen LogP contribution in [0.1, 0.15) is 48.1 Å². The molecule has 0 bridgehead atoms. The van der Waals surface area contributed by atoms with Crippen molar-refractivity contribution in [2.24, 2.45) is 0 Å². The van der Waals surface area contributed by atoms with E-state index in [-0.39, 0.29) is 6.61 Å². The number of hydrogen-bond acceptors (Lipinski definition) is 6. The van der Waals surface area contributed by atoms with Crippen molar-refractivity contribution in [2.75, 3.05) is 6.61 Å². The molecule has 0 spiro atoms. The van der Waals surface area contributed by atoms with Crippen molar-refractivity contribution in [2.45, 2.75) is 51.0 Å². The fraction of sp³-hybridized carbons (Fsp3) is 0.257. The van der Waals surface area contributed by atoms with E-state index in [2.05, 4.69) is 13.8 Å². The number of rotatable bonds is 11. The summed E-state index contributed by atoms with van der Waals surface area (Å²) in [5.74, 6) is 0.687. The van der Waals surface area contributed by atoms with Gasteiger partial charge in [-0.1, -0.05) is 98.8 Å². The SMILES string of the molecule is CC(C)c1ccc(O[C@@H](C(=O)N2C(=O)OC[C@H]2Cc2ccccc2)[C@H](O)c2ccc(OCc3ccccc3)cc2)cc1. The van der Waals surface area contributed by atoms with Crippen LogP contribution in [-0.2, 0) is 22.6 Å². The van der Waals surface area contributed by atoms with Gasteiger partial charge in [-0.25, -0.2) is 9.69 Å². The summed E-state index contributed by atoms with van der Waals surface area (Å²) in [6, 6.07) is 33.1. The summed E-state index contributed by atoms with van der Waals surface area (Å²) < 4.78 is 17.3. The molecule has 1 saturated heterocycles. The molecule has 0 unspecified atom stereocenters. The monoisotopic (exact) mass is 565 g/mol. The molecule has 5 rings (SSSR count). The van der Waals surface area contributed by atoms with Crippen molar-refractivity contribution in [1.82, 2.24) is 4.90 Å². The van der Waals surface area contributed by atoms with E-state index in [0.29, 0.717) is 36.0 Å². The van der Waals surface area contributed by atoms with Crippen LogP contribution in [0.25, 0.3) is 0 Å². The van der Waals surface area contributed by atoms with Gasteiger partial charge < -0.3 is 19.3 Å². The first-order valence-electron chi connectivity index (χ1n) is 14.1. The summed E-state index contributed by atoms with van der Waals surface area (Å²) >= 11 is 0. The highest BCUT2D eigenvalue weighted by atomic mass is 16.6. The van der Waals surface area contributed by atoms with E-state index in [1.807, 2.05) is 72.8 Å². The van der Waals surface area contributed by atoms with E-state index in [1.165, 1.54) is 0 Å². The minimum atomic E-state index is -1.39. The number of imide groups is 1. The van der Waals surface area contributed by atoms with Gasteiger partial charge in [0.1, 0.15) is 30.8 Å². The largest absolute Gasteiger partial charge is 0.489 e. The predicted octanol–water partition coefficient (Wildman–Crippen LogP) is 6.46. The Bertz CT molecular complexity index is 1460. The highest BCUT2D eigenvalue weighted by Gasteiger charge is 2.44. The molecule has 4 aromatic rings. The molecule has 7 heteroatoms. The van der Waals surface area contributed by atoms with Crippen molar-refractivity contribution >= 4 is 12.0 Å². The summed E-state index contributed by atoms with van der Waals surface area (Å²) in [6.07, 6.45) is -3.08. The first-order valence-corrected chi connectivity index (χ1v) is 14.1. The first-order chi connectivity index (χ1) is 20.4. The number of cyclic esters (lactones) is 1. The number of nitrogens with zero attached hydrogens (tertiary/aromatic N) is 1. The zero-order valence-electron chi connectivity index (χ0n) is 23.8. The Morgan fingerprint density at radius 2 is 1.40 bits per heavy atom. The molecule has 2 amide bonds. The molecule has 7 nitrogen and oxygen atoms in total. The number of hydrogen-bond donors (Lipinski definition) is 1. The molecule has 1 fully saturated rings. The van der Waals surface area contributed by atoms with E-state index in [1.54, 1.807) is 36.4 Å². The number of ether oxygens (including phenoxy) is 3. The van der Waals surface area contributed by atoms with Gasteiger partial charge in [0.25, 0.3) is 5.91 Å². The van der Waals surface area contributed by atoms with Gasteiger partial charge in [0.05, 0.1) is 6.04 Å². The Hall–Kier alpha value is -4.62. The average molecular weight is 566 g/mol. The van der Waals surface area contributed by atoms with Gasteiger partial charge in [-0.05, 0) is 58.9 Å². The number of aliphatic hydroxyl groups is 1. The van der Waals surface area contributed by atoms with Crippen molar-refractivity contribution < 1.29 is 28.9 Å². The topological polar surface area (TPSA) is 85.3 Å². The third-order valence-electron chi connectivity index (χ3n) is 7.32. The van der Waals surface area contributed by atoms with Crippen molar-refractivity contribution in [3.05, 3.63) is 131 Å². The van der Waals surface area contributed by atoms with Crippen LogP contribution in [0, 0.1) is 0 Å². The quantitative estimate of drug-likeness (QED) is 0.225. The molecule has 1 heterocycles. The highest BCUT2D eigenvalue weighted by molar-refractivity contribution is 5.96. The third kappa shape index (κ3) is 6.98. The van der Waals surface area contributed by atoms with Crippen molar-refractivity contribution in [1.29, 1.82) is 0 Å². The van der Waals surface area contributed by atoms with Gasteiger partial charge in [-0.15, -0.1) is 0 Å². The first kappa shape index (κ1) is 28.9. The van der Waals surface area contributed by atoms with Gasteiger partial charge in [-0.2, -0.15) is 0 Å². The Morgan fingerprint density at radius 1 is 0.833 bits per heavy atom. The van der Waals surface area contributed by atoms with Gasteiger partial charge in [0.15, 0.2) is 0 Å². The lowest BCUT2D eigenvalue weighted by atomic mass is 10.0. The van der Waals surface area contributed by atoms with Crippen LogP contribution in [0.4, 0.5) is 4.79 Å². The van der Waals surface area contributed by atoms with Gasteiger partial charge in [0.2, 0.25) is 6.10 Å². The summed E-state index contributed by atoms with van der Waals surface area (Å²) in [5.41, 5.74) is 3.56. The standard InChI is InChI=1S/C35H35NO6/c1-24(2)27-13-19-31(20-14-27)42-33(34(38)36-29(23-41-35(36)39)21-25-9-5-3-6-10-25)32(37)28-15-17-30(18-16-28)40-22-26-11-7-4-8-12-26/h3-20,24,29,32-33,37H,21-23H2,1-2H3/t29-,32-,33-/m1/s1. The van der Waals surface area contributed by atoms with E-state index in [4.69, 9.17) is 14.2 Å².